The number of ether oxygens (including phenoxy) is 3. The topological polar surface area (TPSA) is 60.9 Å². The number of esters is 1. The fourth-order valence-electron chi connectivity index (χ4n) is 6.71. The minimum absolute atomic E-state index is 0.137. The third-order valence-corrected chi connectivity index (χ3v) is 9.14. The van der Waals surface area contributed by atoms with Gasteiger partial charge in [-0.25, -0.2) is 13.6 Å². The number of aryl methyl sites for hydroxylation is 3. The number of aromatic nitrogens is 1. The molecule has 2 aliphatic rings. The lowest BCUT2D eigenvalue weighted by Gasteiger charge is -2.41. The molecular formula is C39H50F2N2O4. The largest absolute Gasteiger partial charge is 0.490 e. The first-order valence-corrected chi connectivity index (χ1v) is 16.9. The van der Waals surface area contributed by atoms with E-state index in [1.807, 2.05) is 54.5 Å². The summed E-state index contributed by atoms with van der Waals surface area (Å²) in [5.74, 6) is -1.31. The number of pyridine rings is 1. The third-order valence-electron chi connectivity index (χ3n) is 9.14. The van der Waals surface area contributed by atoms with Crippen LogP contribution in [0.4, 0.5) is 14.5 Å². The number of rotatable bonds is 8. The Morgan fingerprint density at radius 3 is 2.38 bits per heavy atom. The maximum Gasteiger partial charge on any atom is 0.340 e. The molecule has 3 heterocycles. The Bertz CT molecular complexity index is 1620. The van der Waals surface area contributed by atoms with Gasteiger partial charge in [0.15, 0.2) is 17.7 Å². The van der Waals surface area contributed by atoms with Crippen LogP contribution >= 0.6 is 0 Å². The van der Waals surface area contributed by atoms with Crippen molar-refractivity contribution in [3.05, 3.63) is 76.1 Å². The molecule has 0 N–H and O–H groups in total. The van der Waals surface area contributed by atoms with Crippen molar-refractivity contribution in [3.63, 3.8) is 0 Å². The van der Waals surface area contributed by atoms with Gasteiger partial charge in [0, 0.05) is 42.0 Å². The Kier molecular flexibility index (Phi) is 10.0. The van der Waals surface area contributed by atoms with Gasteiger partial charge in [0.25, 0.3) is 0 Å². The molecule has 5 rings (SSSR count). The number of anilines is 1. The van der Waals surface area contributed by atoms with Crippen LogP contribution in [0.5, 0.6) is 5.75 Å². The zero-order valence-corrected chi connectivity index (χ0v) is 29.4. The molecule has 2 aliphatic heterocycles. The highest BCUT2D eigenvalue weighted by Gasteiger charge is 2.38. The summed E-state index contributed by atoms with van der Waals surface area (Å²) in [6, 6.07) is 10.3. The van der Waals surface area contributed by atoms with Crippen molar-refractivity contribution in [3.8, 4) is 16.9 Å². The fourth-order valence-corrected chi connectivity index (χ4v) is 6.71. The monoisotopic (exact) mass is 648 g/mol. The van der Waals surface area contributed by atoms with Gasteiger partial charge in [-0.05, 0) is 121 Å². The summed E-state index contributed by atoms with van der Waals surface area (Å²) in [6.07, 6.45) is 2.69. The van der Waals surface area contributed by atoms with E-state index in [-0.39, 0.29) is 17.6 Å². The molecule has 2 atom stereocenters. The van der Waals surface area contributed by atoms with Gasteiger partial charge in [-0.2, -0.15) is 0 Å². The summed E-state index contributed by atoms with van der Waals surface area (Å²) in [5, 5.41) is 0. The third kappa shape index (κ3) is 8.14. The van der Waals surface area contributed by atoms with Gasteiger partial charge in [-0.15, -0.1) is 0 Å². The van der Waals surface area contributed by atoms with Gasteiger partial charge in [0.1, 0.15) is 11.9 Å². The quantitative estimate of drug-likeness (QED) is 0.227. The van der Waals surface area contributed by atoms with Crippen LogP contribution in [0.3, 0.4) is 0 Å². The summed E-state index contributed by atoms with van der Waals surface area (Å²) in [5.41, 5.74) is 6.76. The van der Waals surface area contributed by atoms with Gasteiger partial charge < -0.3 is 19.1 Å². The maximum absolute atomic E-state index is 13.8. The van der Waals surface area contributed by atoms with Crippen LogP contribution in [0.25, 0.3) is 11.1 Å². The molecule has 6 nitrogen and oxygen atoms in total. The maximum atomic E-state index is 13.8. The zero-order valence-electron chi connectivity index (χ0n) is 29.4. The standard InChI is InChI=1S/C39H50F2N2O4/c1-23(2)45-37(44)36(47-38(5,6)7)34-25(4)42-24(3)33(35(34)43-18-16-39(8,9)17-19-43)28-12-15-32-27(22-28)11-13-29(46-32)20-26-10-14-30(40)31(41)21-26/h10,12,14-15,21-23,29,36H,11,13,16-20H2,1-9H3/t29-,36-/m0/s1. The normalized spacial score (nSPS) is 18.5. The molecule has 2 aromatic carbocycles. The number of nitrogens with zero attached hydrogens (tertiary/aromatic N) is 2. The average Bonchev–Trinajstić information content (AvgIpc) is 2.97. The number of carbonyl (C=O) groups excluding carboxylic acids is 1. The smallest absolute Gasteiger partial charge is 0.340 e. The number of hydrogen-bond donors (Lipinski definition) is 0. The first-order chi connectivity index (χ1) is 22.0. The SMILES string of the molecule is Cc1nc(C)c([C@H](OC(C)(C)C)C(=O)OC(C)C)c(N2CCC(C)(C)CC2)c1-c1ccc2c(c1)CC[C@@H](Cc1ccc(F)c(F)c1)O2. The number of piperidine rings is 1. The molecule has 1 aromatic heterocycles. The van der Waals surface area contributed by atoms with Gasteiger partial charge in [0.05, 0.1) is 17.4 Å². The summed E-state index contributed by atoms with van der Waals surface area (Å²) in [6.45, 7) is 19.9. The van der Waals surface area contributed by atoms with Crippen LogP contribution in [-0.2, 0) is 27.1 Å². The molecule has 1 fully saturated rings. The number of benzene rings is 2. The summed E-state index contributed by atoms with van der Waals surface area (Å²) < 4.78 is 46.0. The highest BCUT2D eigenvalue weighted by Crippen LogP contribution is 2.46. The second kappa shape index (κ2) is 13.5. The molecule has 0 aliphatic carbocycles. The molecule has 0 spiro atoms. The summed E-state index contributed by atoms with van der Waals surface area (Å²) in [4.78, 5) is 21.2. The highest BCUT2D eigenvalue weighted by molar-refractivity contribution is 5.89. The van der Waals surface area contributed by atoms with Crippen LogP contribution in [0.1, 0.15) is 102 Å². The van der Waals surface area contributed by atoms with Crippen molar-refractivity contribution in [1.82, 2.24) is 4.98 Å². The van der Waals surface area contributed by atoms with Crippen molar-refractivity contribution in [2.24, 2.45) is 5.41 Å². The van der Waals surface area contributed by atoms with Crippen LogP contribution < -0.4 is 9.64 Å². The van der Waals surface area contributed by atoms with E-state index >= 15 is 0 Å². The van der Waals surface area contributed by atoms with Gasteiger partial charge in [-0.1, -0.05) is 26.0 Å². The van der Waals surface area contributed by atoms with Crippen molar-refractivity contribution >= 4 is 11.7 Å². The van der Waals surface area contributed by atoms with Gasteiger partial charge in [-0.3, -0.25) is 4.98 Å². The Hall–Kier alpha value is -3.52. The molecule has 0 radical (unpaired) electrons. The molecule has 3 aromatic rings. The van der Waals surface area contributed by atoms with Crippen LogP contribution in [0.15, 0.2) is 36.4 Å². The van der Waals surface area contributed by atoms with E-state index in [4.69, 9.17) is 19.2 Å². The number of hydrogen-bond acceptors (Lipinski definition) is 6. The van der Waals surface area contributed by atoms with Crippen molar-refractivity contribution in [2.45, 2.75) is 118 Å². The van der Waals surface area contributed by atoms with Gasteiger partial charge >= 0.3 is 5.97 Å². The van der Waals surface area contributed by atoms with E-state index in [2.05, 4.69) is 30.9 Å². The Balaban J connectivity index is 1.58. The summed E-state index contributed by atoms with van der Waals surface area (Å²) >= 11 is 0. The van der Waals surface area contributed by atoms with Gasteiger partial charge in [0.2, 0.25) is 0 Å². The van der Waals surface area contributed by atoms with Crippen LogP contribution in [-0.4, -0.2) is 41.9 Å². The molecule has 0 saturated carbocycles. The van der Waals surface area contributed by atoms with Crippen LogP contribution in [0.2, 0.25) is 0 Å². The molecule has 0 amide bonds. The molecule has 1 saturated heterocycles. The van der Waals surface area contributed by atoms with Crippen molar-refractivity contribution < 1.29 is 27.8 Å². The minimum Gasteiger partial charge on any atom is -0.490 e. The van der Waals surface area contributed by atoms with E-state index in [1.165, 1.54) is 12.1 Å². The predicted molar refractivity (Wildman–Crippen MR) is 182 cm³/mol. The molecular weight excluding hydrogens is 598 g/mol. The van der Waals surface area contributed by atoms with Crippen LogP contribution in [0, 0.1) is 30.9 Å². The lowest BCUT2D eigenvalue weighted by Crippen LogP contribution is -2.39. The van der Waals surface area contributed by atoms with E-state index in [0.29, 0.717) is 12.0 Å². The minimum atomic E-state index is -0.952. The average molecular weight is 649 g/mol. The molecule has 254 valence electrons. The highest BCUT2D eigenvalue weighted by atomic mass is 19.2. The number of halogens is 2. The van der Waals surface area contributed by atoms with Crippen molar-refractivity contribution in [1.29, 1.82) is 0 Å². The number of carbonyl (C=O) groups is 1. The lowest BCUT2D eigenvalue weighted by atomic mass is 9.81. The second-order valence-electron chi connectivity index (χ2n) is 15.2. The molecule has 0 bridgehead atoms. The molecule has 8 heteroatoms. The zero-order chi connectivity index (χ0) is 34.3. The van der Waals surface area contributed by atoms with Crippen molar-refractivity contribution in [2.75, 3.05) is 18.0 Å². The molecule has 0 unspecified atom stereocenters. The fraction of sp³-hybridized carbons (Fsp3) is 0.538. The predicted octanol–water partition coefficient (Wildman–Crippen LogP) is 9.01. The Morgan fingerprint density at radius 1 is 1.04 bits per heavy atom. The first kappa shape index (κ1) is 34.8. The van der Waals surface area contributed by atoms with E-state index in [1.54, 1.807) is 6.07 Å². The van der Waals surface area contributed by atoms with E-state index in [9.17, 15) is 13.6 Å². The first-order valence-electron chi connectivity index (χ1n) is 16.9. The summed E-state index contributed by atoms with van der Waals surface area (Å²) in [7, 11) is 0. The lowest BCUT2D eigenvalue weighted by molar-refractivity contribution is -0.171. The Labute approximate surface area is 278 Å². The van der Waals surface area contributed by atoms with E-state index in [0.717, 1.165) is 83.9 Å². The second-order valence-corrected chi connectivity index (χ2v) is 15.2. The Morgan fingerprint density at radius 2 is 1.74 bits per heavy atom. The number of fused-ring (bicyclic) bond motifs is 1. The molecule has 47 heavy (non-hydrogen) atoms. The van der Waals surface area contributed by atoms with E-state index < -0.39 is 29.3 Å².